The third-order valence-corrected chi connectivity index (χ3v) is 4.88. The molecule has 0 aromatic heterocycles. The summed E-state index contributed by atoms with van der Waals surface area (Å²) in [6, 6.07) is 13.2. The molecule has 1 aliphatic heterocycles. The number of benzene rings is 2. The van der Waals surface area contributed by atoms with Crippen molar-refractivity contribution in [2.45, 2.75) is 13.0 Å². The molecule has 1 aliphatic rings. The second-order valence-corrected chi connectivity index (χ2v) is 6.76. The third kappa shape index (κ3) is 4.99. The first kappa shape index (κ1) is 19.2. The molecule has 2 amide bonds. The molecule has 3 rings (SSSR count). The molecular weight excluding hydrogens is 366 g/mol. The monoisotopic (exact) mass is 387 g/mol. The molecule has 0 aliphatic carbocycles. The smallest absolute Gasteiger partial charge is 0.313 e. The van der Waals surface area contributed by atoms with Crippen molar-refractivity contribution in [3.8, 4) is 5.75 Å². The van der Waals surface area contributed by atoms with Crippen LogP contribution in [0.15, 0.2) is 42.5 Å². The molecule has 1 heterocycles. The Morgan fingerprint density at radius 3 is 2.70 bits per heavy atom. The van der Waals surface area contributed by atoms with Gasteiger partial charge in [0.05, 0.1) is 17.8 Å². The normalized spacial score (nSPS) is 13.6. The minimum Gasteiger partial charge on any atom is -0.497 e. The van der Waals surface area contributed by atoms with Gasteiger partial charge in [-0.2, -0.15) is 0 Å². The molecule has 0 atom stereocenters. The van der Waals surface area contributed by atoms with Crippen LogP contribution in [-0.2, 0) is 22.6 Å². The van der Waals surface area contributed by atoms with Gasteiger partial charge in [-0.25, -0.2) is 0 Å². The van der Waals surface area contributed by atoms with Crippen LogP contribution in [0.1, 0.15) is 11.1 Å². The van der Waals surface area contributed by atoms with E-state index in [9.17, 15) is 9.59 Å². The summed E-state index contributed by atoms with van der Waals surface area (Å²) in [6.45, 7) is 2.89. The number of halogens is 1. The van der Waals surface area contributed by atoms with Crippen molar-refractivity contribution >= 4 is 29.1 Å². The van der Waals surface area contributed by atoms with Gasteiger partial charge < -0.3 is 15.4 Å². The zero-order valence-electron chi connectivity index (χ0n) is 15.1. The fraction of sp³-hybridized carbons (Fsp3) is 0.300. The highest BCUT2D eigenvalue weighted by Gasteiger charge is 2.18. The number of nitrogens with one attached hydrogen (secondary N) is 2. The van der Waals surface area contributed by atoms with Gasteiger partial charge in [0.25, 0.3) is 0 Å². The van der Waals surface area contributed by atoms with Crippen molar-refractivity contribution in [3.63, 3.8) is 0 Å². The standard InChI is InChI=1S/C20H22ClN3O3/c1-27-16-6-7-17(21)18(12-16)23-20(26)19(25)22-9-11-24-10-8-14-4-2-3-5-15(14)13-24/h2-7,12H,8-11,13H2,1H3,(H,22,25)(H,23,26). The number of carbonyl (C=O) groups is 2. The first-order valence-corrected chi connectivity index (χ1v) is 9.16. The minimum absolute atomic E-state index is 0.337. The van der Waals surface area contributed by atoms with Crippen molar-refractivity contribution in [3.05, 3.63) is 58.6 Å². The van der Waals surface area contributed by atoms with E-state index in [-0.39, 0.29) is 0 Å². The van der Waals surface area contributed by atoms with Gasteiger partial charge in [0.1, 0.15) is 5.75 Å². The van der Waals surface area contributed by atoms with Crippen LogP contribution in [-0.4, -0.2) is 43.5 Å². The first-order valence-electron chi connectivity index (χ1n) is 8.78. The first-order chi connectivity index (χ1) is 13.1. The number of amides is 2. The molecule has 0 saturated carbocycles. The van der Waals surface area contributed by atoms with Crippen LogP contribution >= 0.6 is 11.6 Å². The van der Waals surface area contributed by atoms with Crippen molar-refractivity contribution < 1.29 is 14.3 Å². The molecule has 0 bridgehead atoms. The van der Waals surface area contributed by atoms with Gasteiger partial charge in [0.15, 0.2) is 0 Å². The lowest BCUT2D eigenvalue weighted by Gasteiger charge is -2.28. The predicted molar refractivity (Wildman–Crippen MR) is 105 cm³/mol. The molecule has 2 aromatic rings. The van der Waals surface area contributed by atoms with Crippen LogP contribution in [0.2, 0.25) is 5.02 Å². The number of anilines is 1. The maximum Gasteiger partial charge on any atom is 0.313 e. The Morgan fingerprint density at radius 2 is 1.93 bits per heavy atom. The number of rotatable bonds is 5. The fourth-order valence-electron chi connectivity index (χ4n) is 3.06. The number of hydrogen-bond acceptors (Lipinski definition) is 4. The molecule has 6 nitrogen and oxygen atoms in total. The lowest BCUT2D eigenvalue weighted by atomic mass is 10.00. The molecule has 7 heteroatoms. The summed E-state index contributed by atoms with van der Waals surface area (Å²) in [5.74, 6) is -0.902. The molecule has 142 valence electrons. The van der Waals surface area contributed by atoms with E-state index >= 15 is 0 Å². The highest BCUT2D eigenvalue weighted by molar-refractivity contribution is 6.41. The van der Waals surface area contributed by atoms with E-state index in [4.69, 9.17) is 16.3 Å². The van der Waals surface area contributed by atoms with Gasteiger partial charge in [-0.1, -0.05) is 35.9 Å². The van der Waals surface area contributed by atoms with Crippen molar-refractivity contribution in [1.29, 1.82) is 0 Å². The molecule has 27 heavy (non-hydrogen) atoms. The van der Waals surface area contributed by atoms with Crippen molar-refractivity contribution in [1.82, 2.24) is 10.2 Å². The summed E-state index contributed by atoms with van der Waals surface area (Å²) < 4.78 is 5.09. The lowest BCUT2D eigenvalue weighted by molar-refractivity contribution is -0.136. The summed E-state index contributed by atoms with van der Waals surface area (Å²) in [5.41, 5.74) is 3.04. The van der Waals surface area contributed by atoms with E-state index in [0.29, 0.717) is 29.5 Å². The summed E-state index contributed by atoms with van der Waals surface area (Å²) >= 11 is 6.04. The highest BCUT2D eigenvalue weighted by atomic mass is 35.5. The Hall–Kier alpha value is -2.57. The Morgan fingerprint density at radius 1 is 1.15 bits per heavy atom. The van der Waals surface area contributed by atoms with E-state index in [2.05, 4.69) is 33.7 Å². The van der Waals surface area contributed by atoms with Gasteiger partial charge >= 0.3 is 11.8 Å². The average Bonchev–Trinajstić information content (AvgIpc) is 2.69. The van der Waals surface area contributed by atoms with Crippen LogP contribution in [0, 0.1) is 0 Å². The summed E-state index contributed by atoms with van der Waals surface area (Å²) in [6.07, 6.45) is 0.999. The summed E-state index contributed by atoms with van der Waals surface area (Å²) in [7, 11) is 1.51. The topological polar surface area (TPSA) is 70.7 Å². The number of hydrogen-bond donors (Lipinski definition) is 2. The van der Waals surface area contributed by atoms with Gasteiger partial charge in [-0.3, -0.25) is 14.5 Å². The zero-order chi connectivity index (χ0) is 19.2. The second kappa shape index (κ2) is 8.88. The number of ether oxygens (including phenoxy) is 1. The zero-order valence-corrected chi connectivity index (χ0v) is 15.9. The average molecular weight is 388 g/mol. The van der Waals surface area contributed by atoms with Crippen LogP contribution in [0.3, 0.4) is 0 Å². The van der Waals surface area contributed by atoms with Crippen LogP contribution in [0.4, 0.5) is 5.69 Å². The van der Waals surface area contributed by atoms with Gasteiger partial charge in [-0.15, -0.1) is 0 Å². The maximum absolute atomic E-state index is 12.1. The Kier molecular flexibility index (Phi) is 6.32. The Balaban J connectivity index is 1.46. The molecule has 2 aromatic carbocycles. The third-order valence-electron chi connectivity index (χ3n) is 4.55. The summed E-state index contributed by atoms with van der Waals surface area (Å²) in [4.78, 5) is 26.4. The molecule has 0 unspecified atom stereocenters. The number of methoxy groups -OCH3 is 1. The predicted octanol–water partition coefficient (Wildman–Crippen LogP) is 2.46. The molecule has 0 radical (unpaired) electrons. The molecule has 2 N–H and O–H groups in total. The van der Waals surface area contributed by atoms with E-state index in [1.54, 1.807) is 18.2 Å². The highest BCUT2D eigenvalue weighted by Crippen LogP contribution is 2.26. The summed E-state index contributed by atoms with van der Waals surface area (Å²) in [5, 5.41) is 5.50. The van der Waals surface area contributed by atoms with Gasteiger partial charge in [0.2, 0.25) is 0 Å². The van der Waals surface area contributed by atoms with Crippen LogP contribution < -0.4 is 15.4 Å². The quantitative estimate of drug-likeness (QED) is 0.773. The molecule has 0 fully saturated rings. The van der Waals surface area contributed by atoms with E-state index in [0.717, 1.165) is 19.5 Å². The Labute approximate surface area is 163 Å². The van der Waals surface area contributed by atoms with Crippen molar-refractivity contribution in [2.24, 2.45) is 0 Å². The number of nitrogens with zero attached hydrogens (tertiary/aromatic N) is 1. The second-order valence-electron chi connectivity index (χ2n) is 6.35. The van der Waals surface area contributed by atoms with Crippen molar-refractivity contribution in [2.75, 3.05) is 32.1 Å². The largest absolute Gasteiger partial charge is 0.497 e. The van der Waals surface area contributed by atoms with Crippen LogP contribution in [0.25, 0.3) is 0 Å². The molecule has 0 spiro atoms. The Bertz CT molecular complexity index is 841. The van der Waals surface area contributed by atoms with Gasteiger partial charge in [-0.05, 0) is 29.7 Å². The SMILES string of the molecule is COc1ccc(Cl)c(NC(=O)C(=O)NCCN2CCc3ccccc3C2)c1. The minimum atomic E-state index is -0.755. The fourth-order valence-corrected chi connectivity index (χ4v) is 3.22. The van der Waals surface area contributed by atoms with E-state index < -0.39 is 11.8 Å². The van der Waals surface area contributed by atoms with E-state index in [1.807, 2.05) is 6.07 Å². The van der Waals surface area contributed by atoms with E-state index in [1.165, 1.54) is 18.2 Å². The van der Waals surface area contributed by atoms with Crippen LogP contribution in [0.5, 0.6) is 5.75 Å². The lowest BCUT2D eigenvalue weighted by Crippen LogP contribution is -2.41. The number of carbonyl (C=O) groups excluding carboxylic acids is 2. The number of fused-ring (bicyclic) bond motifs is 1. The van der Waals surface area contributed by atoms with Gasteiger partial charge in [0, 0.05) is 32.2 Å². The molecule has 0 saturated heterocycles. The maximum atomic E-state index is 12.1. The molecular formula is C20H22ClN3O3.